The van der Waals surface area contributed by atoms with Gasteiger partial charge in [-0.15, -0.1) is 0 Å². The van der Waals surface area contributed by atoms with E-state index in [4.69, 9.17) is 16.3 Å². The molecule has 3 rings (SSSR count). The van der Waals surface area contributed by atoms with Crippen LogP contribution < -0.4 is 4.74 Å². The minimum Gasteiger partial charge on any atom is -0.507 e. The third-order valence-corrected chi connectivity index (χ3v) is 5.32. The zero-order chi connectivity index (χ0) is 21.3. The van der Waals surface area contributed by atoms with E-state index in [0.717, 1.165) is 11.1 Å². The van der Waals surface area contributed by atoms with E-state index in [1.807, 2.05) is 26.8 Å². The van der Waals surface area contributed by atoms with Crippen LogP contribution in [-0.4, -0.2) is 35.4 Å². The van der Waals surface area contributed by atoms with Crippen molar-refractivity contribution in [3.8, 4) is 5.75 Å². The number of amides is 1. The van der Waals surface area contributed by atoms with Crippen molar-refractivity contribution in [1.29, 1.82) is 0 Å². The second-order valence-electron chi connectivity index (χ2n) is 7.21. The lowest BCUT2D eigenvalue weighted by atomic mass is 9.93. The van der Waals surface area contributed by atoms with Gasteiger partial charge in [0, 0.05) is 11.6 Å². The molecule has 2 aromatic rings. The Labute approximate surface area is 175 Å². The van der Waals surface area contributed by atoms with E-state index in [1.165, 1.54) is 12.0 Å². The highest BCUT2D eigenvalue weighted by molar-refractivity contribution is 6.46. The molecule has 0 spiro atoms. The monoisotopic (exact) mass is 413 g/mol. The van der Waals surface area contributed by atoms with Gasteiger partial charge in [-0.2, -0.15) is 0 Å². The van der Waals surface area contributed by atoms with E-state index < -0.39 is 17.7 Å². The molecule has 1 unspecified atom stereocenters. The number of Topliss-reactive ketones (excluding diaryl/α,β-unsaturated/α-hetero) is 1. The zero-order valence-electron chi connectivity index (χ0n) is 17.0. The van der Waals surface area contributed by atoms with E-state index in [9.17, 15) is 14.7 Å². The number of methoxy groups -OCH3 is 1. The topological polar surface area (TPSA) is 66.8 Å². The summed E-state index contributed by atoms with van der Waals surface area (Å²) in [5.41, 5.74) is 2.93. The maximum Gasteiger partial charge on any atom is 0.295 e. The predicted octanol–water partition coefficient (Wildman–Crippen LogP) is 4.80. The number of halogens is 1. The summed E-state index contributed by atoms with van der Waals surface area (Å²) in [4.78, 5) is 27.2. The molecule has 0 aromatic heterocycles. The van der Waals surface area contributed by atoms with Crippen LogP contribution in [0.1, 0.15) is 41.6 Å². The number of nitrogens with zero attached hydrogens (tertiary/aromatic N) is 1. The summed E-state index contributed by atoms with van der Waals surface area (Å²) in [5.74, 6) is -1.07. The standard InChI is InChI=1S/C23H24ClNO4/c1-5-10-25-19(15-6-8-16(24)9-7-15)18(21(27)23(25)28)20(26)17-12-13(2)11-14(3)22(17)29-4/h6-9,11-12,19,26H,5,10H2,1-4H3/b20-18+. The van der Waals surface area contributed by atoms with E-state index in [2.05, 4.69) is 0 Å². The molecule has 6 heteroatoms. The molecular formula is C23H24ClNO4. The van der Waals surface area contributed by atoms with Crippen LogP contribution in [0.5, 0.6) is 5.75 Å². The van der Waals surface area contributed by atoms with Crippen molar-refractivity contribution in [1.82, 2.24) is 4.90 Å². The van der Waals surface area contributed by atoms with Crippen LogP contribution in [0.25, 0.3) is 5.76 Å². The molecule has 0 saturated carbocycles. The van der Waals surface area contributed by atoms with Gasteiger partial charge in [-0.25, -0.2) is 0 Å². The lowest BCUT2D eigenvalue weighted by Gasteiger charge is -2.25. The van der Waals surface area contributed by atoms with Gasteiger partial charge in [-0.05, 0) is 55.2 Å². The fourth-order valence-electron chi connectivity index (χ4n) is 3.89. The average Bonchev–Trinajstić information content (AvgIpc) is 2.93. The van der Waals surface area contributed by atoms with E-state index in [-0.39, 0.29) is 11.3 Å². The number of hydrogen-bond acceptors (Lipinski definition) is 4. The number of carbonyl (C=O) groups excluding carboxylic acids is 2. The van der Waals surface area contributed by atoms with Crippen LogP contribution in [0.3, 0.4) is 0 Å². The molecule has 0 radical (unpaired) electrons. The average molecular weight is 414 g/mol. The van der Waals surface area contributed by atoms with E-state index in [1.54, 1.807) is 30.3 Å². The van der Waals surface area contributed by atoms with Gasteiger partial charge in [-0.1, -0.05) is 36.7 Å². The molecule has 29 heavy (non-hydrogen) atoms. The Morgan fingerprint density at radius 2 is 1.83 bits per heavy atom. The smallest absolute Gasteiger partial charge is 0.295 e. The molecule has 1 N–H and O–H groups in total. The Bertz CT molecular complexity index is 995. The molecule has 1 fully saturated rings. The number of aliphatic hydroxyl groups is 1. The van der Waals surface area contributed by atoms with Gasteiger partial charge < -0.3 is 14.7 Å². The minimum absolute atomic E-state index is 0.0640. The second-order valence-corrected chi connectivity index (χ2v) is 7.64. The summed E-state index contributed by atoms with van der Waals surface area (Å²) in [6.07, 6.45) is 0.685. The summed E-state index contributed by atoms with van der Waals surface area (Å²) in [6.45, 7) is 6.11. The lowest BCUT2D eigenvalue weighted by Crippen LogP contribution is -2.30. The van der Waals surface area contributed by atoms with E-state index in [0.29, 0.717) is 34.9 Å². The highest BCUT2D eigenvalue weighted by atomic mass is 35.5. The lowest BCUT2D eigenvalue weighted by molar-refractivity contribution is -0.139. The first-order valence-corrected chi connectivity index (χ1v) is 9.87. The second kappa shape index (κ2) is 8.29. The molecule has 5 nitrogen and oxygen atoms in total. The number of ketones is 1. The van der Waals surface area contributed by atoms with Gasteiger partial charge >= 0.3 is 0 Å². The first-order valence-electron chi connectivity index (χ1n) is 9.49. The highest BCUT2D eigenvalue weighted by Gasteiger charge is 2.45. The zero-order valence-corrected chi connectivity index (χ0v) is 17.7. The summed E-state index contributed by atoms with van der Waals surface area (Å²) in [5, 5.41) is 11.8. The number of rotatable bonds is 5. The molecule has 1 amide bonds. The van der Waals surface area contributed by atoms with Crippen molar-refractivity contribution in [3.05, 3.63) is 69.2 Å². The molecule has 1 atom stereocenters. The number of hydrogen-bond donors (Lipinski definition) is 1. The maximum absolute atomic E-state index is 12.9. The first kappa shape index (κ1) is 20.9. The van der Waals surface area contributed by atoms with Crippen LogP contribution in [0.15, 0.2) is 42.0 Å². The number of aryl methyl sites for hydroxylation is 2. The summed E-state index contributed by atoms with van der Waals surface area (Å²) < 4.78 is 5.48. The van der Waals surface area contributed by atoms with Crippen LogP contribution >= 0.6 is 11.6 Å². The number of aliphatic hydroxyl groups excluding tert-OH is 1. The normalized spacial score (nSPS) is 18.4. The Balaban J connectivity index is 2.27. The van der Waals surface area contributed by atoms with Gasteiger partial charge in [0.15, 0.2) is 0 Å². The fourth-order valence-corrected chi connectivity index (χ4v) is 4.02. The van der Waals surface area contributed by atoms with Crippen molar-refractivity contribution in [2.24, 2.45) is 0 Å². The molecule has 1 aliphatic rings. The van der Waals surface area contributed by atoms with Crippen LogP contribution in [0.2, 0.25) is 5.02 Å². The van der Waals surface area contributed by atoms with Gasteiger partial charge in [-0.3, -0.25) is 9.59 Å². The maximum atomic E-state index is 12.9. The van der Waals surface area contributed by atoms with Crippen molar-refractivity contribution in [3.63, 3.8) is 0 Å². The fraction of sp³-hybridized carbons (Fsp3) is 0.304. The third kappa shape index (κ3) is 3.75. The van der Waals surface area contributed by atoms with Crippen LogP contribution in [-0.2, 0) is 9.59 Å². The Morgan fingerprint density at radius 1 is 1.17 bits per heavy atom. The van der Waals surface area contributed by atoms with Crippen molar-refractivity contribution < 1.29 is 19.4 Å². The summed E-state index contributed by atoms with van der Waals surface area (Å²) in [7, 11) is 1.51. The summed E-state index contributed by atoms with van der Waals surface area (Å²) >= 11 is 6.02. The Morgan fingerprint density at radius 3 is 2.41 bits per heavy atom. The molecule has 152 valence electrons. The van der Waals surface area contributed by atoms with Gasteiger partial charge in [0.2, 0.25) is 0 Å². The Kier molecular flexibility index (Phi) is 5.99. The summed E-state index contributed by atoms with van der Waals surface area (Å²) in [6, 6.07) is 9.97. The molecule has 2 aromatic carbocycles. The predicted molar refractivity (Wildman–Crippen MR) is 113 cm³/mol. The number of benzene rings is 2. The molecule has 1 heterocycles. The van der Waals surface area contributed by atoms with Gasteiger partial charge in [0.1, 0.15) is 11.5 Å². The van der Waals surface area contributed by atoms with Crippen molar-refractivity contribution in [2.45, 2.75) is 33.2 Å². The first-order chi connectivity index (χ1) is 13.8. The van der Waals surface area contributed by atoms with Crippen molar-refractivity contribution in [2.75, 3.05) is 13.7 Å². The quantitative estimate of drug-likeness (QED) is 0.434. The minimum atomic E-state index is -0.697. The van der Waals surface area contributed by atoms with Crippen LogP contribution in [0.4, 0.5) is 0 Å². The van der Waals surface area contributed by atoms with E-state index >= 15 is 0 Å². The Hall–Kier alpha value is -2.79. The number of ether oxygens (including phenoxy) is 1. The molecule has 1 aliphatic heterocycles. The SMILES string of the molecule is CCCN1C(=O)C(=O)/C(=C(/O)c2cc(C)cc(C)c2OC)C1c1ccc(Cl)cc1. The molecule has 1 saturated heterocycles. The van der Waals surface area contributed by atoms with Gasteiger partial charge in [0.25, 0.3) is 11.7 Å². The number of likely N-dealkylation sites (tertiary alicyclic amines) is 1. The highest BCUT2D eigenvalue weighted by Crippen LogP contribution is 2.42. The molecular weight excluding hydrogens is 390 g/mol. The van der Waals surface area contributed by atoms with Gasteiger partial charge in [0.05, 0.1) is 24.3 Å². The molecule has 0 aliphatic carbocycles. The molecule has 0 bridgehead atoms. The third-order valence-electron chi connectivity index (χ3n) is 5.07. The van der Waals surface area contributed by atoms with Crippen LogP contribution in [0, 0.1) is 13.8 Å². The van der Waals surface area contributed by atoms with Crippen molar-refractivity contribution >= 4 is 29.1 Å². The largest absolute Gasteiger partial charge is 0.507 e. The number of carbonyl (C=O) groups is 2.